The summed E-state index contributed by atoms with van der Waals surface area (Å²) in [5.41, 5.74) is 1.21. The lowest BCUT2D eigenvalue weighted by atomic mass is 10.1. The average Bonchev–Trinajstić information content (AvgIpc) is 2.65. The average molecular weight is 281 g/mol. The summed E-state index contributed by atoms with van der Waals surface area (Å²) in [6.45, 7) is 9.78. The van der Waals surface area contributed by atoms with Gasteiger partial charge in [-0.2, -0.15) is 0 Å². The Morgan fingerprint density at radius 2 is 2.16 bits per heavy atom. The van der Waals surface area contributed by atoms with E-state index >= 15 is 0 Å². The molecule has 1 fully saturated rings. The first-order chi connectivity index (χ1) is 9.26. The van der Waals surface area contributed by atoms with Crippen LogP contribution in [0.4, 0.5) is 5.13 Å². The Morgan fingerprint density at radius 3 is 2.89 bits per heavy atom. The molecule has 0 aromatic carbocycles. The number of thiazole rings is 1. The van der Waals surface area contributed by atoms with Crippen LogP contribution < -0.4 is 10.2 Å². The van der Waals surface area contributed by atoms with E-state index in [1.54, 1.807) is 0 Å². The Morgan fingerprint density at radius 1 is 1.32 bits per heavy atom. The molecule has 2 heterocycles. The summed E-state index contributed by atoms with van der Waals surface area (Å²) in [5.74, 6) is 0. The molecule has 1 aromatic rings. The third-order valence-electron chi connectivity index (χ3n) is 4.01. The van der Waals surface area contributed by atoms with Gasteiger partial charge in [0.1, 0.15) is 0 Å². The quantitative estimate of drug-likeness (QED) is 0.891. The molecule has 19 heavy (non-hydrogen) atoms. The Bertz CT molecular complexity index is 389. The predicted octanol–water partition coefficient (Wildman–Crippen LogP) is 3.72. The van der Waals surface area contributed by atoms with E-state index in [4.69, 9.17) is 4.98 Å². The molecular formula is C15H27N3S. The maximum absolute atomic E-state index is 4.83. The fraction of sp³-hybridized carbons (Fsp3) is 0.800. The highest BCUT2D eigenvalue weighted by Crippen LogP contribution is 2.31. The normalized spacial score (nSPS) is 20.6. The van der Waals surface area contributed by atoms with E-state index in [0.29, 0.717) is 6.04 Å². The van der Waals surface area contributed by atoms with Gasteiger partial charge in [-0.1, -0.05) is 26.7 Å². The molecule has 0 saturated carbocycles. The van der Waals surface area contributed by atoms with E-state index in [1.807, 2.05) is 11.3 Å². The Kier molecular flexibility index (Phi) is 5.64. The number of nitrogens with zero attached hydrogens (tertiary/aromatic N) is 2. The van der Waals surface area contributed by atoms with E-state index in [0.717, 1.165) is 13.1 Å². The maximum Gasteiger partial charge on any atom is 0.186 e. The van der Waals surface area contributed by atoms with Crippen LogP contribution in [0, 0.1) is 6.92 Å². The minimum absolute atomic E-state index is 0.694. The lowest BCUT2D eigenvalue weighted by Gasteiger charge is -2.28. The second-order valence-corrected chi connectivity index (χ2v) is 6.45. The number of nitrogens with one attached hydrogen (secondary N) is 1. The molecule has 1 saturated heterocycles. The number of hydrogen-bond acceptors (Lipinski definition) is 4. The monoisotopic (exact) mass is 281 g/mol. The van der Waals surface area contributed by atoms with Crippen molar-refractivity contribution in [3.05, 3.63) is 10.6 Å². The molecule has 0 bridgehead atoms. The zero-order valence-electron chi connectivity index (χ0n) is 12.5. The minimum atomic E-state index is 0.694. The first-order valence-electron chi connectivity index (χ1n) is 7.69. The molecule has 1 aliphatic rings. The zero-order valence-corrected chi connectivity index (χ0v) is 13.4. The van der Waals surface area contributed by atoms with Gasteiger partial charge >= 0.3 is 0 Å². The van der Waals surface area contributed by atoms with Crippen LogP contribution in [0.1, 0.15) is 56.5 Å². The van der Waals surface area contributed by atoms with E-state index in [9.17, 15) is 0 Å². The van der Waals surface area contributed by atoms with Crippen LogP contribution in [-0.2, 0) is 6.54 Å². The van der Waals surface area contributed by atoms with E-state index in [-0.39, 0.29) is 0 Å². The van der Waals surface area contributed by atoms with Gasteiger partial charge in [0.25, 0.3) is 0 Å². The lowest BCUT2D eigenvalue weighted by Crippen LogP contribution is -2.34. The third-order valence-corrected chi connectivity index (χ3v) is 5.21. The van der Waals surface area contributed by atoms with Gasteiger partial charge in [-0.25, -0.2) is 4.98 Å². The molecule has 0 aliphatic carbocycles. The van der Waals surface area contributed by atoms with Crippen molar-refractivity contribution in [2.24, 2.45) is 0 Å². The van der Waals surface area contributed by atoms with Crippen molar-refractivity contribution < 1.29 is 0 Å². The first-order valence-corrected chi connectivity index (χ1v) is 8.51. The van der Waals surface area contributed by atoms with Crippen molar-refractivity contribution in [3.8, 4) is 0 Å². The Balaban J connectivity index is 2.14. The largest absolute Gasteiger partial charge is 0.345 e. The van der Waals surface area contributed by atoms with Gasteiger partial charge < -0.3 is 10.2 Å². The van der Waals surface area contributed by atoms with E-state index < -0.39 is 0 Å². The van der Waals surface area contributed by atoms with Gasteiger partial charge in [0.15, 0.2) is 5.13 Å². The van der Waals surface area contributed by atoms with Gasteiger partial charge in [-0.3, -0.25) is 0 Å². The van der Waals surface area contributed by atoms with Crippen LogP contribution in [-0.4, -0.2) is 24.1 Å². The van der Waals surface area contributed by atoms with Crippen molar-refractivity contribution in [2.75, 3.05) is 18.0 Å². The van der Waals surface area contributed by atoms with Crippen LogP contribution in [0.3, 0.4) is 0 Å². The summed E-state index contributed by atoms with van der Waals surface area (Å²) in [6.07, 6.45) is 6.64. The molecule has 1 aliphatic heterocycles. The Labute approximate surface area is 121 Å². The van der Waals surface area contributed by atoms with Crippen molar-refractivity contribution in [1.29, 1.82) is 0 Å². The highest BCUT2D eigenvalue weighted by atomic mass is 32.1. The van der Waals surface area contributed by atoms with Gasteiger partial charge in [0.2, 0.25) is 0 Å². The smallest absolute Gasteiger partial charge is 0.186 e. The number of aryl methyl sites for hydroxylation is 1. The number of hydrogen-bond donors (Lipinski definition) is 1. The summed E-state index contributed by atoms with van der Waals surface area (Å²) >= 11 is 1.89. The molecule has 1 unspecified atom stereocenters. The maximum atomic E-state index is 4.83. The summed E-state index contributed by atoms with van der Waals surface area (Å²) < 4.78 is 0. The molecule has 1 N–H and O–H groups in total. The highest BCUT2D eigenvalue weighted by Gasteiger charge is 2.23. The van der Waals surface area contributed by atoms with E-state index in [2.05, 4.69) is 31.0 Å². The van der Waals surface area contributed by atoms with Gasteiger partial charge in [-0.15, -0.1) is 11.3 Å². The van der Waals surface area contributed by atoms with Crippen molar-refractivity contribution >= 4 is 16.5 Å². The van der Waals surface area contributed by atoms with Crippen LogP contribution >= 0.6 is 11.3 Å². The van der Waals surface area contributed by atoms with Crippen molar-refractivity contribution in [3.63, 3.8) is 0 Å². The standard InChI is InChI=1S/C15H27N3S/c1-4-13-9-7-6-8-10-18(13)15-17-12(3)14(19-15)11-16-5-2/h13,16H,4-11H2,1-3H3. The lowest BCUT2D eigenvalue weighted by molar-refractivity contribution is 0.555. The second-order valence-electron chi connectivity index (χ2n) is 5.39. The third kappa shape index (κ3) is 3.69. The molecule has 108 valence electrons. The molecule has 0 amide bonds. The van der Waals surface area contributed by atoms with Crippen LogP contribution in [0.25, 0.3) is 0 Å². The molecule has 1 aromatic heterocycles. The second kappa shape index (κ2) is 7.25. The molecular weight excluding hydrogens is 254 g/mol. The van der Waals surface area contributed by atoms with Crippen LogP contribution in [0.5, 0.6) is 0 Å². The molecule has 3 nitrogen and oxygen atoms in total. The van der Waals surface area contributed by atoms with Gasteiger partial charge in [-0.05, 0) is 32.7 Å². The van der Waals surface area contributed by atoms with Crippen LogP contribution in [0.2, 0.25) is 0 Å². The summed E-state index contributed by atoms with van der Waals surface area (Å²) in [6, 6.07) is 0.694. The molecule has 2 rings (SSSR count). The first kappa shape index (κ1) is 14.8. The number of aromatic nitrogens is 1. The number of rotatable bonds is 5. The highest BCUT2D eigenvalue weighted by molar-refractivity contribution is 7.15. The molecule has 0 radical (unpaired) electrons. The van der Waals surface area contributed by atoms with Crippen LogP contribution in [0.15, 0.2) is 0 Å². The minimum Gasteiger partial charge on any atom is -0.345 e. The van der Waals surface area contributed by atoms with Crippen molar-refractivity contribution in [2.45, 2.75) is 65.5 Å². The van der Waals surface area contributed by atoms with Crippen molar-refractivity contribution in [1.82, 2.24) is 10.3 Å². The van der Waals surface area contributed by atoms with E-state index in [1.165, 1.54) is 54.4 Å². The van der Waals surface area contributed by atoms with Gasteiger partial charge in [0, 0.05) is 24.0 Å². The SMILES string of the molecule is CCNCc1sc(N2CCCCCC2CC)nc1C. The number of anilines is 1. The fourth-order valence-electron chi connectivity index (χ4n) is 2.79. The predicted molar refractivity (Wildman–Crippen MR) is 84.1 cm³/mol. The fourth-order valence-corrected chi connectivity index (χ4v) is 3.92. The zero-order chi connectivity index (χ0) is 13.7. The van der Waals surface area contributed by atoms with Gasteiger partial charge in [0.05, 0.1) is 5.69 Å². The summed E-state index contributed by atoms with van der Waals surface area (Å²) in [7, 11) is 0. The summed E-state index contributed by atoms with van der Waals surface area (Å²) in [5, 5.41) is 4.66. The molecule has 4 heteroatoms. The topological polar surface area (TPSA) is 28.2 Å². The Hall–Kier alpha value is -0.610. The molecule has 0 spiro atoms. The molecule has 1 atom stereocenters. The summed E-state index contributed by atoms with van der Waals surface area (Å²) in [4.78, 5) is 8.80.